The first kappa shape index (κ1) is 17.1. The Morgan fingerprint density at radius 2 is 2.08 bits per heavy atom. The molecule has 1 aliphatic heterocycles. The van der Waals surface area contributed by atoms with Gasteiger partial charge in [0.15, 0.2) is 0 Å². The van der Waals surface area contributed by atoms with Crippen molar-refractivity contribution in [1.82, 2.24) is 14.6 Å². The quantitative estimate of drug-likeness (QED) is 0.877. The molecule has 0 aromatic carbocycles. The highest BCUT2D eigenvalue weighted by Crippen LogP contribution is 2.23. The average molecular weight is 365 g/mol. The van der Waals surface area contributed by atoms with Crippen molar-refractivity contribution < 1.29 is 13.2 Å². The molecule has 1 aliphatic rings. The van der Waals surface area contributed by atoms with Crippen LogP contribution in [0.3, 0.4) is 0 Å². The Bertz CT molecular complexity index is 768. The van der Waals surface area contributed by atoms with Crippen LogP contribution in [0.15, 0.2) is 46.9 Å². The third kappa shape index (κ3) is 3.82. The Hall–Kier alpha value is -1.77. The molecule has 2 aromatic rings. The van der Waals surface area contributed by atoms with Crippen LogP contribution >= 0.6 is 11.3 Å². The van der Waals surface area contributed by atoms with Crippen molar-refractivity contribution in [3.05, 3.63) is 46.9 Å². The Morgan fingerprint density at radius 1 is 1.29 bits per heavy atom. The molecule has 1 saturated heterocycles. The summed E-state index contributed by atoms with van der Waals surface area (Å²) in [7, 11) is -3.52. The number of hydrogen-bond acceptors (Lipinski definition) is 5. The van der Waals surface area contributed by atoms with Crippen LogP contribution in [0.25, 0.3) is 0 Å². The van der Waals surface area contributed by atoms with Crippen LogP contribution in [0.1, 0.15) is 17.7 Å². The summed E-state index contributed by atoms with van der Waals surface area (Å²) in [5.41, 5.74) is 0. The van der Waals surface area contributed by atoms with Gasteiger partial charge < -0.3 is 5.32 Å². The molecule has 0 aliphatic carbocycles. The fourth-order valence-electron chi connectivity index (χ4n) is 2.74. The number of nitrogens with zero attached hydrogens (tertiary/aromatic N) is 2. The third-order valence-corrected chi connectivity index (χ3v) is 6.87. The van der Waals surface area contributed by atoms with Crippen LogP contribution in [-0.2, 0) is 21.4 Å². The maximum atomic E-state index is 12.5. The molecule has 1 amide bonds. The summed E-state index contributed by atoms with van der Waals surface area (Å²) in [6, 6.07) is 7.09. The van der Waals surface area contributed by atoms with E-state index >= 15 is 0 Å². The minimum absolute atomic E-state index is 0.00169. The second kappa shape index (κ2) is 7.42. The predicted octanol–water partition coefficient (Wildman–Crippen LogP) is 1.86. The lowest BCUT2D eigenvalue weighted by Crippen LogP contribution is -2.42. The number of nitrogens with one attached hydrogen (secondary N) is 1. The smallest absolute Gasteiger partial charge is 0.244 e. The number of carbonyl (C=O) groups is 1. The predicted molar refractivity (Wildman–Crippen MR) is 91.9 cm³/mol. The van der Waals surface area contributed by atoms with Gasteiger partial charge in [0, 0.05) is 36.3 Å². The first-order valence-corrected chi connectivity index (χ1v) is 10.1. The summed E-state index contributed by atoms with van der Waals surface area (Å²) in [6.45, 7) is 1.24. The number of amides is 1. The van der Waals surface area contributed by atoms with Crippen LogP contribution in [0.4, 0.5) is 0 Å². The molecule has 0 spiro atoms. The van der Waals surface area contributed by atoms with Crippen LogP contribution in [0.2, 0.25) is 0 Å². The van der Waals surface area contributed by atoms with Gasteiger partial charge in [-0.15, -0.1) is 11.3 Å². The van der Waals surface area contributed by atoms with E-state index in [1.807, 2.05) is 17.5 Å². The van der Waals surface area contributed by atoms with Crippen LogP contribution in [-0.4, -0.2) is 36.7 Å². The summed E-state index contributed by atoms with van der Waals surface area (Å²) in [6.07, 6.45) is 3.98. The zero-order valence-corrected chi connectivity index (χ0v) is 14.7. The number of aromatic nitrogens is 1. The van der Waals surface area contributed by atoms with E-state index in [1.165, 1.54) is 10.5 Å². The summed E-state index contributed by atoms with van der Waals surface area (Å²) < 4.78 is 26.5. The van der Waals surface area contributed by atoms with Crippen LogP contribution in [0, 0.1) is 5.92 Å². The highest BCUT2D eigenvalue weighted by atomic mass is 32.2. The molecule has 0 unspecified atom stereocenters. The number of sulfonamides is 1. The van der Waals surface area contributed by atoms with Gasteiger partial charge in [0.2, 0.25) is 15.9 Å². The summed E-state index contributed by atoms with van der Waals surface area (Å²) in [5.74, 6) is -0.132. The van der Waals surface area contributed by atoms with Gasteiger partial charge in [0.1, 0.15) is 4.90 Å². The molecule has 3 heterocycles. The lowest BCUT2D eigenvalue weighted by atomic mass is 9.97. The monoisotopic (exact) mass is 365 g/mol. The van der Waals surface area contributed by atoms with E-state index in [-0.39, 0.29) is 16.7 Å². The highest BCUT2D eigenvalue weighted by molar-refractivity contribution is 7.89. The van der Waals surface area contributed by atoms with Gasteiger partial charge in [0.05, 0.1) is 6.54 Å². The summed E-state index contributed by atoms with van der Waals surface area (Å²) in [5, 5.41) is 4.91. The van der Waals surface area contributed by atoms with Gasteiger partial charge in [-0.2, -0.15) is 4.31 Å². The molecule has 128 valence electrons. The fourth-order valence-corrected chi connectivity index (χ4v) is 4.82. The molecule has 3 rings (SSSR count). The molecule has 24 heavy (non-hydrogen) atoms. The molecular formula is C16H19N3O3S2. The second-order valence-corrected chi connectivity index (χ2v) is 8.63. The molecule has 1 fully saturated rings. The Labute approximate surface area is 145 Å². The molecular weight excluding hydrogens is 346 g/mol. The van der Waals surface area contributed by atoms with Crippen LogP contribution in [0.5, 0.6) is 0 Å². The number of thiophene rings is 1. The molecule has 0 radical (unpaired) electrons. The second-order valence-electron chi connectivity index (χ2n) is 5.66. The summed E-state index contributed by atoms with van der Waals surface area (Å²) in [4.78, 5) is 17.4. The van der Waals surface area contributed by atoms with E-state index in [2.05, 4.69) is 10.3 Å². The van der Waals surface area contributed by atoms with Crippen molar-refractivity contribution >= 4 is 27.3 Å². The molecule has 0 atom stereocenters. The van der Waals surface area contributed by atoms with E-state index in [0.717, 1.165) is 4.88 Å². The molecule has 1 N–H and O–H groups in total. The maximum Gasteiger partial charge on any atom is 0.244 e. The van der Waals surface area contributed by atoms with Crippen molar-refractivity contribution in [1.29, 1.82) is 0 Å². The zero-order chi connectivity index (χ0) is 17.0. The van der Waals surface area contributed by atoms with Gasteiger partial charge in [-0.05, 0) is 36.4 Å². The molecule has 8 heteroatoms. The van der Waals surface area contributed by atoms with Gasteiger partial charge in [0.25, 0.3) is 0 Å². The zero-order valence-electron chi connectivity index (χ0n) is 13.1. The lowest BCUT2D eigenvalue weighted by Gasteiger charge is -2.30. The van der Waals surface area contributed by atoms with Crippen molar-refractivity contribution in [2.75, 3.05) is 13.1 Å². The van der Waals surface area contributed by atoms with Crippen LogP contribution < -0.4 is 5.32 Å². The topological polar surface area (TPSA) is 79.4 Å². The largest absolute Gasteiger partial charge is 0.351 e. The Balaban J connectivity index is 1.54. The Kier molecular flexibility index (Phi) is 5.27. The number of rotatable bonds is 5. The minimum atomic E-state index is -3.52. The lowest BCUT2D eigenvalue weighted by molar-refractivity contribution is -0.126. The van der Waals surface area contributed by atoms with Crippen molar-refractivity contribution in [2.24, 2.45) is 5.92 Å². The Morgan fingerprint density at radius 3 is 2.71 bits per heavy atom. The van der Waals surface area contributed by atoms with E-state index in [0.29, 0.717) is 32.5 Å². The first-order chi connectivity index (χ1) is 11.6. The molecule has 0 bridgehead atoms. The summed E-state index contributed by atoms with van der Waals surface area (Å²) >= 11 is 1.60. The van der Waals surface area contributed by atoms with E-state index in [4.69, 9.17) is 0 Å². The van der Waals surface area contributed by atoms with Gasteiger partial charge in [-0.3, -0.25) is 9.78 Å². The standard InChI is InChI=1S/C16H19N3O3S2/c20-16(18-11-14-3-2-10-23-14)13-5-8-19(9-6-13)24(21,22)15-4-1-7-17-12-15/h1-4,7,10,12-13H,5-6,8-9,11H2,(H,18,20). The first-order valence-electron chi connectivity index (χ1n) is 7.77. The molecule has 0 saturated carbocycles. The number of pyridine rings is 1. The third-order valence-electron chi connectivity index (χ3n) is 4.11. The fraction of sp³-hybridized carbons (Fsp3) is 0.375. The number of hydrogen-bond donors (Lipinski definition) is 1. The van der Waals surface area contributed by atoms with Crippen molar-refractivity contribution in [3.8, 4) is 0 Å². The van der Waals surface area contributed by atoms with Crippen molar-refractivity contribution in [2.45, 2.75) is 24.3 Å². The molecule has 6 nitrogen and oxygen atoms in total. The van der Waals surface area contributed by atoms with Gasteiger partial charge in [-0.25, -0.2) is 8.42 Å². The minimum Gasteiger partial charge on any atom is -0.351 e. The van der Waals surface area contributed by atoms with Gasteiger partial charge >= 0.3 is 0 Å². The average Bonchev–Trinajstić information content (AvgIpc) is 3.14. The molecule has 2 aromatic heterocycles. The van der Waals surface area contributed by atoms with E-state index in [9.17, 15) is 13.2 Å². The van der Waals surface area contributed by atoms with E-state index < -0.39 is 10.0 Å². The van der Waals surface area contributed by atoms with Crippen molar-refractivity contribution in [3.63, 3.8) is 0 Å². The number of piperidine rings is 1. The number of carbonyl (C=O) groups excluding carboxylic acids is 1. The van der Waals surface area contributed by atoms with E-state index in [1.54, 1.807) is 29.7 Å². The SMILES string of the molecule is O=C(NCc1cccs1)C1CCN(S(=O)(=O)c2cccnc2)CC1. The van der Waals surface area contributed by atoms with Gasteiger partial charge in [-0.1, -0.05) is 6.07 Å². The maximum absolute atomic E-state index is 12.5. The normalized spacial score (nSPS) is 16.8. The highest BCUT2D eigenvalue weighted by Gasteiger charge is 2.32.